The van der Waals surface area contributed by atoms with E-state index < -0.39 is 17.8 Å². The first-order chi connectivity index (χ1) is 10.8. The van der Waals surface area contributed by atoms with E-state index in [2.05, 4.69) is 0 Å². The normalized spacial score (nSPS) is 30.9. The number of carbonyl (C=O) groups is 1. The predicted molar refractivity (Wildman–Crippen MR) is 84.3 cm³/mol. The Kier molecular flexibility index (Phi) is 4.08. The van der Waals surface area contributed by atoms with Gasteiger partial charge in [-0.3, -0.25) is 4.79 Å². The first kappa shape index (κ1) is 16.2. The molecule has 6 heteroatoms. The number of amides is 1. The van der Waals surface area contributed by atoms with Gasteiger partial charge in [0.25, 0.3) is 0 Å². The van der Waals surface area contributed by atoms with Gasteiger partial charge in [-0.1, -0.05) is 0 Å². The number of nitrogens with zero attached hydrogens (tertiary/aromatic N) is 1. The Bertz CT molecular complexity index is 583. The number of carbonyl (C=O) groups excluding carboxylic acids is 1. The molecule has 2 aliphatic heterocycles. The summed E-state index contributed by atoms with van der Waals surface area (Å²) in [7, 11) is 1.60. The molecule has 126 valence electrons. The first-order valence-electron chi connectivity index (χ1n) is 7.81. The standard InChI is InChI=1S/C17H23NO5/c1-10(19)14-15(13-9-22-17(2,3)23-13)18(16(14)20)11-5-7-12(21-4)8-6-11/h5-8,10,13-15,19H,9H2,1-4H3/t10-,13-,14-,15-/m1/s1. The maximum Gasteiger partial charge on any atom is 0.235 e. The monoisotopic (exact) mass is 321 g/mol. The van der Waals surface area contributed by atoms with Crippen molar-refractivity contribution >= 4 is 11.6 Å². The second-order valence-corrected chi connectivity index (χ2v) is 6.53. The molecule has 0 unspecified atom stereocenters. The predicted octanol–water partition coefficient (Wildman–Crippen LogP) is 1.56. The van der Waals surface area contributed by atoms with Crippen molar-refractivity contribution in [1.82, 2.24) is 0 Å². The van der Waals surface area contributed by atoms with E-state index in [1.54, 1.807) is 18.9 Å². The Labute approximate surface area is 135 Å². The van der Waals surface area contributed by atoms with E-state index in [0.29, 0.717) is 6.61 Å². The van der Waals surface area contributed by atoms with Crippen molar-refractivity contribution in [3.05, 3.63) is 24.3 Å². The van der Waals surface area contributed by atoms with Crippen molar-refractivity contribution in [2.45, 2.75) is 44.8 Å². The highest BCUT2D eigenvalue weighted by Crippen LogP contribution is 2.41. The van der Waals surface area contributed by atoms with Crippen LogP contribution in [0.3, 0.4) is 0 Å². The summed E-state index contributed by atoms with van der Waals surface area (Å²) < 4.78 is 16.7. The van der Waals surface area contributed by atoms with E-state index in [9.17, 15) is 9.90 Å². The van der Waals surface area contributed by atoms with E-state index in [0.717, 1.165) is 11.4 Å². The number of methoxy groups -OCH3 is 1. The van der Waals surface area contributed by atoms with Gasteiger partial charge in [-0.05, 0) is 45.0 Å². The number of aliphatic hydroxyl groups excluding tert-OH is 1. The zero-order chi connectivity index (χ0) is 16.8. The molecule has 1 aromatic rings. The average Bonchev–Trinajstić information content (AvgIpc) is 2.84. The van der Waals surface area contributed by atoms with Gasteiger partial charge in [0, 0.05) is 5.69 Å². The number of rotatable bonds is 4. The molecular weight excluding hydrogens is 298 g/mol. The van der Waals surface area contributed by atoms with Crippen LogP contribution in [0.2, 0.25) is 0 Å². The van der Waals surface area contributed by atoms with E-state index >= 15 is 0 Å². The molecule has 4 atom stereocenters. The summed E-state index contributed by atoms with van der Waals surface area (Å²) in [5.41, 5.74) is 0.769. The van der Waals surface area contributed by atoms with Gasteiger partial charge in [-0.25, -0.2) is 0 Å². The molecular formula is C17H23NO5. The van der Waals surface area contributed by atoms with E-state index in [-0.39, 0.29) is 18.1 Å². The SMILES string of the molecule is COc1ccc(N2C(=O)[C@H]([C@@H](C)O)[C@H]2[C@H]2COC(C)(C)O2)cc1. The lowest BCUT2D eigenvalue weighted by Crippen LogP contribution is -2.69. The van der Waals surface area contributed by atoms with Crippen LogP contribution in [0.1, 0.15) is 20.8 Å². The van der Waals surface area contributed by atoms with Crippen molar-refractivity contribution in [3.63, 3.8) is 0 Å². The topological polar surface area (TPSA) is 68.2 Å². The van der Waals surface area contributed by atoms with Crippen molar-refractivity contribution in [3.8, 4) is 5.75 Å². The van der Waals surface area contributed by atoms with Gasteiger partial charge in [0.1, 0.15) is 11.9 Å². The Morgan fingerprint density at radius 3 is 2.48 bits per heavy atom. The number of hydrogen-bond donors (Lipinski definition) is 1. The Morgan fingerprint density at radius 1 is 1.35 bits per heavy atom. The lowest BCUT2D eigenvalue weighted by molar-refractivity contribution is -0.156. The van der Waals surface area contributed by atoms with E-state index in [4.69, 9.17) is 14.2 Å². The zero-order valence-electron chi connectivity index (χ0n) is 13.9. The highest BCUT2D eigenvalue weighted by atomic mass is 16.7. The number of aliphatic hydroxyl groups is 1. The summed E-state index contributed by atoms with van der Waals surface area (Å²) in [5, 5.41) is 9.99. The molecule has 23 heavy (non-hydrogen) atoms. The molecule has 6 nitrogen and oxygen atoms in total. The minimum absolute atomic E-state index is 0.0940. The molecule has 0 radical (unpaired) electrons. The molecule has 0 saturated carbocycles. The summed E-state index contributed by atoms with van der Waals surface area (Å²) in [6.07, 6.45) is -0.987. The van der Waals surface area contributed by atoms with Gasteiger partial charge in [0.2, 0.25) is 5.91 Å². The van der Waals surface area contributed by atoms with Crippen molar-refractivity contribution in [1.29, 1.82) is 0 Å². The fourth-order valence-electron chi connectivity index (χ4n) is 3.35. The highest BCUT2D eigenvalue weighted by molar-refractivity contribution is 6.03. The van der Waals surface area contributed by atoms with Crippen LogP contribution in [0.25, 0.3) is 0 Å². The van der Waals surface area contributed by atoms with Crippen molar-refractivity contribution in [2.24, 2.45) is 5.92 Å². The van der Waals surface area contributed by atoms with Gasteiger partial charge in [0.15, 0.2) is 5.79 Å². The first-order valence-corrected chi connectivity index (χ1v) is 7.81. The third-order valence-electron chi connectivity index (χ3n) is 4.47. The third-order valence-corrected chi connectivity index (χ3v) is 4.47. The number of anilines is 1. The van der Waals surface area contributed by atoms with Crippen LogP contribution < -0.4 is 9.64 Å². The summed E-state index contributed by atoms with van der Waals surface area (Å²) in [6.45, 7) is 5.74. The Morgan fingerprint density at radius 2 is 2.00 bits per heavy atom. The fourth-order valence-corrected chi connectivity index (χ4v) is 3.35. The molecule has 0 bridgehead atoms. The molecule has 2 fully saturated rings. The van der Waals surface area contributed by atoms with Crippen molar-refractivity contribution in [2.75, 3.05) is 18.6 Å². The number of ether oxygens (including phenoxy) is 3. The average molecular weight is 321 g/mol. The van der Waals surface area contributed by atoms with Gasteiger partial charge < -0.3 is 24.2 Å². The van der Waals surface area contributed by atoms with Crippen LogP contribution in [0.5, 0.6) is 5.75 Å². The van der Waals surface area contributed by atoms with Crippen LogP contribution in [-0.2, 0) is 14.3 Å². The van der Waals surface area contributed by atoms with Crippen LogP contribution in [-0.4, -0.2) is 48.8 Å². The quantitative estimate of drug-likeness (QED) is 0.853. The lowest BCUT2D eigenvalue weighted by atomic mass is 9.79. The molecule has 1 aromatic carbocycles. The summed E-state index contributed by atoms with van der Waals surface area (Å²) in [4.78, 5) is 14.2. The maximum atomic E-state index is 12.5. The minimum Gasteiger partial charge on any atom is -0.497 e. The molecule has 1 amide bonds. The summed E-state index contributed by atoms with van der Waals surface area (Å²) in [5.74, 6) is -0.506. The van der Waals surface area contributed by atoms with Gasteiger partial charge >= 0.3 is 0 Å². The van der Waals surface area contributed by atoms with Gasteiger partial charge in [-0.2, -0.15) is 0 Å². The molecule has 3 rings (SSSR count). The van der Waals surface area contributed by atoms with Gasteiger partial charge in [0.05, 0.1) is 31.8 Å². The maximum absolute atomic E-state index is 12.5. The third kappa shape index (κ3) is 2.82. The van der Waals surface area contributed by atoms with Crippen LogP contribution in [0, 0.1) is 5.92 Å². The second kappa shape index (κ2) is 5.78. The molecule has 1 N–H and O–H groups in total. The molecule has 2 heterocycles. The molecule has 0 aliphatic carbocycles. The highest BCUT2D eigenvalue weighted by Gasteiger charge is 2.56. The summed E-state index contributed by atoms with van der Waals surface area (Å²) >= 11 is 0. The van der Waals surface area contributed by atoms with Crippen LogP contribution >= 0.6 is 0 Å². The molecule has 2 saturated heterocycles. The zero-order valence-corrected chi connectivity index (χ0v) is 13.9. The van der Waals surface area contributed by atoms with E-state index in [1.165, 1.54) is 0 Å². The second-order valence-electron chi connectivity index (χ2n) is 6.53. The lowest BCUT2D eigenvalue weighted by Gasteiger charge is -2.50. The fraction of sp³-hybridized carbons (Fsp3) is 0.588. The molecule has 0 aromatic heterocycles. The molecule has 2 aliphatic rings. The van der Waals surface area contributed by atoms with E-state index in [1.807, 2.05) is 38.1 Å². The van der Waals surface area contributed by atoms with Gasteiger partial charge in [-0.15, -0.1) is 0 Å². The number of β-lactam (4-membered cyclic amide) rings is 1. The Balaban J connectivity index is 1.86. The smallest absolute Gasteiger partial charge is 0.235 e. The summed E-state index contributed by atoms with van der Waals surface area (Å²) in [6, 6.07) is 7.06. The number of hydrogen-bond acceptors (Lipinski definition) is 5. The van der Waals surface area contributed by atoms with Crippen LogP contribution in [0.4, 0.5) is 5.69 Å². The largest absolute Gasteiger partial charge is 0.497 e. The van der Waals surface area contributed by atoms with Crippen molar-refractivity contribution < 1.29 is 24.1 Å². The Hall–Kier alpha value is -1.63. The molecule has 0 spiro atoms. The number of benzene rings is 1. The minimum atomic E-state index is -0.727. The van der Waals surface area contributed by atoms with Crippen LogP contribution in [0.15, 0.2) is 24.3 Å².